The van der Waals surface area contributed by atoms with Crippen LogP contribution in [-0.2, 0) is 5.41 Å². The standard InChI is InChI=1S/C63H38/c1-35-25-40-11-15-44-30-48(31-45-16-12-41(26-35)58(40)60(44)45)37-19-22-50-39(29-37)21-24-54-53-23-20-38(49-32-46-17-13-42-27-36(2)28-43-14-18-47(33-49)61(46)59(42)43)34-57(53)63(62(50)54)55-9-5-3-7-51(55)52-8-4-6-10-56(52)63/h3-34H,1-2H3. The third-order valence-electron chi connectivity index (χ3n) is 15.1. The van der Waals surface area contributed by atoms with Gasteiger partial charge in [-0.05, 0) is 204 Å². The van der Waals surface area contributed by atoms with Gasteiger partial charge in [0.1, 0.15) is 0 Å². The Morgan fingerprint density at radius 3 is 1.13 bits per heavy atom. The summed E-state index contributed by atoms with van der Waals surface area (Å²) in [7, 11) is 0. The SMILES string of the molecule is Cc1cc2ccc3cc(-c4ccc5c(c4)C4(c6ccccc6-c6ccccc64)c4c-5ccc5cc(-c6cc7ccc8cc(C)cc9ccc(c6)c7c89)ccc45)cc4ccc(c1)c2c34. The molecule has 13 aromatic carbocycles. The zero-order valence-electron chi connectivity index (χ0n) is 35.0. The van der Waals surface area contributed by atoms with E-state index < -0.39 is 5.41 Å². The highest BCUT2D eigenvalue weighted by molar-refractivity contribution is 6.25. The quantitative estimate of drug-likeness (QED) is 0.153. The Hall–Kier alpha value is -7.80. The lowest BCUT2D eigenvalue weighted by molar-refractivity contribution is 0.801. The van der Waals surface area contributed by atoms with Crippen molar-refractivity contribution in [3.8, 4) is 44.5 Å². The van der Waals surface area contributed by atoms with Crippen LogP contribution in [-0.4, -0.2) is 0 Å². The third kappa shape index (κ3) is 4.31. The maximum absolute atomic E-state index is 2.54. The second-order valence-electron chi connectivity index (χ2n) is 18.6. The highest BCUT2D eigenvalue weighted by Crippen LogP contribution is 2.64. The molecule has 63 heavy (non-hydrogen) atoms. The summed E-state index contributed by atoms with van der Waals surface area (Å²) in [5.41, 5.74) is 17.9. The van der Waals surface area contributed by atoms with Crippen molar-refractivity contribution < 1.29 is 0 Å². The molecule has 1 spiro atoms. The molecule has 0 N–H and O–H groups in total. The average molecular weight is 795 g/mol. The fourth-order valence-electron chi connectivity index (χ4n) is 12.7. The lowest BCUT2D eigenvalue weighted by Gasteiger charge is -2.32. The summed E-state index contributed by atoms with van der Waals surface area (Å²) >= 11 is 0. The molecule has 15 rings (SSSR count). The van der Waals surface area contributed by atoms with Crippen LogP contribution in [0.3, 0.4) is 0 Å². The van der Waals surface area contributed by atoms with E-state index in [1.165, 1.54) is 153 Å². The molecule has 290 valence electrons. The van der Waals surface area contributed by atoms with Crippen LogP contribution in [0, 0.1) is 13.8 Å². The van der Waals surface area contributed by atoms with E-state index in [0.717, 1.165) is 0 Å². The van der Waals surface area contributed by atoms with E-state index in [0.29, 0.717) is 0 Å². The molecule has 0 nitrogen and oxygen atoms in total. The minimum absolute atomic E-state index is 0.474. The summed E-state index contributed by atoms with van der Waals surface area (Å²) in [6, 6.07) is 75.1. The molecule has 0 heterocycles. The maximum atomic E-state index is 2.54. The largest absolute Gasteiger partial charge is 0.0731 e. The van der Waals surface area contributed by atoms with Crippen molar-refractivity contribution in [3.05, 3.63) is 228 Å². The summed E-state index contributed by atoms with van der Waals surface area (Å²) in [4.78, 5) is 0. The van der Waals surface area contributed by atoms with Crippen LogP contribution in [0.1, 0.15) is 33.4 Å². The van der Waals surface area contributed by atoms with Gasteiger partial charge in [-0.3, -0.25) is 0 Å². The van der Waals surface area contributed by atoms with Crippen LogP contribution >= 0.6 is 0 Å². The second-order valence-corrected chi connectivity index (χ2v) is 18.6. The molecule has 13 aromatic rings. The Kier molecular flexibility index (Phi) is 6.32. The van der Waals surface area contributed by atoms with Gasteiger partial charge in [-0.1, -0.05) is 158 Å². The van der Waals surface area contributed by atoms with Gasteiger partial charge in [0, 0.05) is 0 Å². The summed E-state index contributed by atoms with van der Waals surface area (Å²) in [5, 5.41) is 18.5. The molecular weight excluding hydrogens is 757 g/mol. The van der Waals surface area contributed by atoms with E-state index in [1.54, 1.807) is 0 Å². The lowest BCUT2D eigenvalue weighted by Crippen LogP contribution is -2.26. The fraction of sp³-hybridized carbons (Fsp3) is 0.0476. The van der Waals surface area contributed by atoms with Crippen LogP contribution in [0.25, 0.3) is 120 Å². The Bertz CT molecular complexity index is 3980. The first-order valence-electron chi connectivity index (χ1n) is 22.3. The fourth-order valence-corrected chi connectivity index (χ4v) is 12.7. The molecule has 2 aliphatic rings. The Morgan fingerprint density at radius 1 is 0.270 bits per heavy atom. The summed E-state index contributed by atoms with van der Waals surface area (Å²) in [6.45, 7) is 4.39. The molecule has 0 saturated heterocycles. The molecular formula is C63H38. The topological polar surface area (TPSA) is 0 Å². The predicted octanol–water partition coefficient (Wildman–Crippen LogP) is 16.9. The van der Waals surface area contributed by atoms with E-state index in [9.17, 15) is 0 Å². The Morgan fingerprint density at radius 2 is 0.635 bits per heavy atom. The van der Waals surface area contributed by atoms with Crippen molar-refractivity contribution in [2.75, 3.05) is 0 Å². The Balaban J connectivity index is 0.953. The van der Waals surface area contributed by atoms with Crippen molar-refractivity contribution >= 4 is 75.4 Å². The highest BCUT2D eigenvalue weighted by atomic mass is 14.5. The second kappa shape index (κ2) is 11.8. The van der Waals surface area contributed by atoms with Gasteiger partial charge in [0.15, 0.2) is 0 Å². The summed E-state index contributed by atoms with van der Waals surface area (Å²) in [6.07, 6.45) is 0. The zero-order valence-corrected chi connectivity index (χ0v) is 35.0. The molecule has 2 aliphatic carbocycles. The van der Waals surface area contributed by atoms with Crippen molar-refractivity contribution in [1.29, 1.82) is 0 Å². The van der Waals surface area contributed by atoms with E-state index in [2.05, 4.69) is 208 Å². The minimum Gasteiger partial charge on any atom is -0.0619 e. The van der Waals surface area contributed by atoms with Gasteiger partial charge < -0.3 is 0 Å². The molecule has 0 heteroatoms. The molecule has 0 saturated carbocycles. The van der Waals surface area contributed by atoms with Crippen LogP contribution in [0.5, 0.6) is 0 Å². The van der Waals surface area contributed by atoms with Crippen molar-refractivity contribution in [2.24, 2.45) is 0 Å². The number of aryl methyl sites for hydroxylation is 2. The monoisotopic (exact) mass is 794 g/mol. The number of hydrogen-bond donors (Lipinski definition) is 0. The number of benzene rings is 13. The van der Waals surface area contributed by atoms with Gasteiger partial charge >= 0.3 is 0 Å². The minimum atomic E-state index is -0.474. The van der Waals surface area contributed by atoms with Gasteiger partial charge in [-0.25, -0.2) is 0 Å². The van der Waals surface area contributed by atoms with Gasteiger partial charge in [0.25, 0.3) is 0 Å². The average Bonchev–Trinajstić information content (AvgIpc) is 3.79. The summed E-state index contributed by atoms with van der Waals surface area (Å²) in [5.74, 6) is 0. The van der Waals surface area contributed by atoms with E-state index in [4.69, 9.17) is 0 Å². The van der Waals surface area contributed by atoms with Gasteiger partial charge in [0.05, 0.1) is 5.41 Å². The normalized spacial score (nSPS) is 13.7. The van der Waals surface area contributed by atoms with E-state index in [1.807, 2.05) is 0 Å². The molecule has 0 aromatic heterocycles. The number of hydrogen-bond acceptors (Lipinski definition) is 0. The van der Waals surface area contributed by atoms with E-state index in [-0.39, 0.29) is 0 Å². The number of fused-ring (bicyclic) bond motifs is 12. The molecule has 0 radical (unpaired) electrons. The molecule has 0 atom stereocenters. The van der Waals surface area contributed by atoms with Crippen LogP contribution in [0.2, 0.25) is 0 Å². The first-order chi connectivity index (χ1) is 31.0. The van der Waals surface area contributed by atoms with Gasteiger partial charge in [0.2, 0.25) is 0 Å². The first kappa shape index (κ1) is 33.9. The van der Waals surface area contributed by atoms with Crippen molar-refractivity contribution in [2.45, 2.75) is 19.3 Å². The van der Waals surface area contributed by atoms with E-state index >= 15 is 0 Å². The smallest absolute Gasteiger partial charge is 0.0619 e. The highest BCUT2D eigenvalue weighted by Gasteiger charge is 2.52. The molecule has 0 aliphatic heterocycles. The molecule has 0 fully saturated rings. The summed E-state index contributed by atoms with van der Waals surface area (Å²) < 4.78 is 0. The Labute approximate surface area is 365 Å². The van der Waals surface area contributed by atoms with Crippen molar-refractivity contribution in [3.63, 3.8) is 0 Å². The third-order valence-corrected chi connectivity index (χ3v) is 15.1. The first-order valence-corrected chi connectivity index (χ1v) is 22.3. The molecule has 0 amide bonds. The lowest BCUT2D eigenvalue weighted by atomic mass is 9.69. The molecule has 0 unspecified atom stereocenters. The van der Waals surface area contributed by atoms with Gasteiger partial charge in [-0.15, -0.1) is 0 Å². The van der Waals surface area contributed by atoms with Gasteiger partial charge in [-0.2, -0.15) is 0 Å². The predicted molar refractivity (Wildman–Crippen MR) is 268 cm³/mol. The van der Waals surface area contributed by atoms with Crippen LogP contribution < -0.4 is 0 Å². The maximum Gasteiger partial charge on any atom is 0.0731 e. The zero-order chi connectivity index (χ0) is 41.3. The van der Waals surface area contributed by atoms with Crippen LogP contribution in [0.15, 0.2) is 194 Å². The van der Waals surface area contributed by atoms with Crippen LogP contribution in [0.4, 0.5) is 0 Å². The molecule has 0 bridgehead atoms. The number of rotatable bonds is 2. The van der Waals surface area contributed by atoms with Crippen molar-refractivity contribution in [1.82, 2.24) is 0 Å².